The molecule has 7 nitrogen and oxygen atoms in total. The van der Waals surface area contributed by atoms with Gasteiger partial charge in [-0.2, -0.15) is 5.10 Å². The minimum atomic E-state index is -0.431. The summed E-state index contributed by atoms with van der Waals surface area (Å²) in [5, 5.41) is 6.67. The van der Waals surface area contributed by atoms with Crippen molar-refractivity contribution < 1.29 is 18.8 Å². The van der Waals surface area contributed by atoms with Crippen molar-refractivity contribution >= 4 is 34.5 Å². The molecule has 1 aromatic heterocycles. The molecule has 2 aromatic carbocycles. The third-order valence-electron chi connectivity index (χ3n) is 4.73. The van der Waals surface area contributed by atoms with Crippen LogP contribution >= 0.6 is 11.8 Å². The summed E-state index contributed by atoms with van der Waals surface area (Å²) in [5.41, 5.74) is 2.43. The summed E-state index contributed by atoms with van der Waals surface area (Å²) in [7, 11) is 0. The van der Waals surface area contributed by atoms with Crippen molar-refractivity contribution in [3.8, 4) is 5.69 Å². The maximum absolute atomic E-state index is 14.0. The standard InChI is InChI=1S/C21H17FN4O3S/c1-13-16(10-23-26(13)18-5-3-2-4-17(18)22)20(28)24-15-8-6-14(7-9-15)11-25-19(27)12-30-21(25)29/h2-10H,11-12H2,1H3,(H,24,28). The molecule has 0 atom stereocenters. The van der Waals surface area contributed by atoms with Crippen LogP contribution < -0.4 is 5.32 Å². The third kappa shape index (κ3) is 3.84. The molecule has 1 N–H and O–H groups in total. The topological polar surface area (TPSA) is 84.3 Å². The summed E-state index contributed by atoms with van der Waals surface area (Å²) >= 11 is 0.994. The van der Waals surface area contributed by atoms with E-state index >= 15 is 0 Å². The van der Waals surface area contributed by atoms with Crippen LogP contribution in [0.5, 0.6) is 0 Å². The van der Waals surface area contributed by atoms with Crippen molar-refractivity contribution in [2.24, 2.45) is 0 Å². The molecule has 152 valence electrons. The van der Waals surface area contributed by atoms with Crippen LogP contribution in [0.15, 0.2) is 54.7 Å². The molecular formula is C21H17FN4O3S. The van der Waals surface area contributed by atoms with Crippen molar-refractivity contribution in [2.45, 2.75) is 13.5 Å². The number of hydrogen-bond acceptors (Lipinski definition) is 5. The van der Waals surface area contributed by atoms with Crippen molar-refractivity contribution in [1.29, 1.82) is 0 Å². The number of para-hydroxylation sites is 1. The second kappa shape index (κ2) is 8.11. The lowest BCUT2D eigenvalue weighted by atomic mass is 10.2. The van der Waals surface area contributed by atoms with E-state index in [1.54, 1.807) is 49.4 Å². The fourth-order valence-electron chi connectivity index (χ4n) is 3.11. The van der Waals surface area contributed by atoms with Crippen LogP contribution in [-0.2, 0) is 11.3 Å². The quantitative estimate of drug-likeness (QED) is 0.674. The molecule has 0 radical (unpaired) electrons. The summed E-state index contributed by atoms with van der Waals surface area (Å²) in [5.74, 6) is -0.833. The maximum atomic E-state index is 14.0. The van der Waals surface area contributed by atoms with Gasteiger partial charge >= 0.3 is 0 Å². The van der Waals surface area contributed by atoms with Gasteiger partial charge in [0.2, 0.25) is 5.91 Å². The predicted octanol–water partition coefficient (Wildman–Crippen LogP) is 3.77. The second-order valence-corrected chi connectivity index (χ2v) is 7.62. The van der Waals surface area contributed by atoms with Crippen LogP contribution in [0.4, 0.5) is 14.9 Å². The molecule has 1 saturated heterocycles. The zero-order valence-corrected chi connectivity index (χ0v) is 16.8. The number of nitrogens with one attached hydrogen (secondary N) is 1. The molecule has 3 aromatic rings. The van der Waals surface area contributed by atoms with Gasteiger partial charge in [0, 0.05) is 5.69 Å². The molecule has 2 heterocycles. The molecule has 0 unspecified atom stereocenters. The Morgan fingerprint density at radius 3 is 2.57 bits per heavy atom. The van der Waals surface area contributed by atoms with Gasteiger partial charge in [-0.25, -0.2) is 9.07 Å². The number of benzene rings is 2. The lowest BCUT2D eigenvalue weighted by Crippen LogP contribution is -2.27. The van der Waals surface area contributed by atoms with E-state index in [0.717, 1.165) is 17.3 Å². The van der Waals surface area contributed by atoms with Crippen molar-refractivity contribution in [3.63, 3.8) is 0 Å². The van der Waals surface area contributed by atoms with Crippen LogP contribution in [0.25, 0.3) is 5.69 Å². The Bertz CT molecular complexity index is 1130. The van der Waals surface area contributed by atoms with Gasteiger partial charge in [0.15, 0.2) is 0 Å². The van der Waals surface area contributed by atoms with Crippen LogP contribution in [-0.4, -0.2) is 37.5 Å². The monoisotopic (exact) mass is 424 g/mol. The Morgan fingerprint density at radius 1 is 1.17 bits per heavy atom. The van der Waals surface area contributed by atoms with E-state index in [4.69, 9.17) is 0 Å². The van der Waals surface area contributed by atoms with Crippen LogP contribution in [0.1, 0.15) is 21.6 Å². The molecule has 0 bridgehead atoms. The van der Waals surface area contributed by atoms with Crippen LogP contribution in [0.3, 0.4) is 0 Å². The van der Waals surface area contributed by atoms with Gasteiger partial charge in [-0.05, 0) is 36.8 Å². The predicted molar refractivity (Wildman–Crippen MR) is 111 cm³/mol. The summed E-state index contributed by atoms with van der Waals surface area (Å²) in [6, 6.07) is 13.1. The van der Waals surface area contributed by atoms with E-state index in [0.29, 0.717) is 16.9 Å². The molecule has 0 saturated carbocycles. The molecule has 0 spiro atoms. The summed E-state index contributed by atoms with van der Waals surface area (Å²) in [6.45, 7) is 1.90. The average Bonchev–Trinajstić information content (AvgIpc) is 3.27. The number of nitrogens with zero attached hydrogens (tertiary/aromatic N) is 3. The Balaban J connectivity index is 1.46. The van der Waals surface area contributed by atoms with E-state index in [-0.39, 0.29) is 35.0 Å². The number of anilines is 1. The Labute approximate surface area is 175 Å². The van der Waals surface area contributed by atoms with Crippen molar-refractivity contribution in [3.05, 3.63) is 77.4 Å². The summed E-state index contributed by atoms with van der Waals surface area (Å²) in [6.07, 6.45) is 1.40. The highest BCUT2D eigenvalue weighted by atomic mass is 32.2. The number of halogens is 1. The summed E-state index contributed by atoms with van der Waals surface area (Å²) in [4.78, 5) is 37.3. The normalized spacial score (nSPS) is 13.7. The second-order valence-electron chi connectivity index (χ2n) is 6.69. The first-order chi connectivity index (χ1) is 14.4. The number of amides is 3. The molecule has 1 fully saturated rings. The molecule has 4 rings (SSSR count). The van der Waals surface area contributed by atoms with Gasteiger partial charge in [-0.15, -0.1) is 0 Å². The number of carbonyl (C=O) groups excluding carboxylic acids is 3. The van der Waals surface area contributed by atoms with Crippen molar-refractivity contribution in [1.82, 2.24) is 14.7 Å². The number of thioether (sulfide) groups is 1. The Morgan fingerprint density at radius 2 is 1.90 bits per heavy atom. The minimum Gasteiger partial charge on any atom is -0.322 e. The van der Waals surface area contributed by atoms with Gasteiger partial charge in [-0.1, -0.05) is 36.0 Å². The highest BCUT2D eigenvalue weighted by Crippen LogP contribution is 2.22. The highest BCUT2D eigenvalue weighted by molar-refractivity contribution is 8.14. The minimum absolute atomic E-state index is 0.174. The molecule has 30 heavy (non-hydrogen) atoms. The first-order valence-corrected chi connectivity index (χ1v) is 10.1. The first kappa shape index (κ1) is 19.8. The molecular weight excluding hydrogens is 407 g/mol. The highest BCUT2D eigenvalue weighted by Gasteiger charge is 2.29. The molecule has 0 aliphatic carbocycles. The van der Waals surface area contributed by atoms with Gasteiger partial charge < -0.3 is 5.32 Å². The lowest BCUT2D eigenvalue weighted by molar-refractivity contribution is -0.125. The number of imide groups is 1. The SMILES string of the molecule is Cc1c(C(=O)Nc2ccc(CN3C(=O)CSC3=O)cc2)cnn1-c1ccccc1F. The summed E-state index contributed by atoms with van der Waals surface area (Å²) < 4.78 is 15.4. The third-order valence-corrected chi connectivity index (χ3v) is 5.59. The van der Waals surface area contributed by atoms with Crippen LogP contribution in [0.2, 0.25) is 0 Å². The smallest absolute Gasteiger partial charge is 0.289 e. The van der Waals surface area contributed by atoms with Crippen molar-refractivity contribution in [2.75, 3.05) is 11.1 Å². The van der Waals surface area contributed by atoms with Gasteiger partial charge in [0.1, 0.15) is 11.5 Å². The average molecular weight is 424 g/mol. The lowest BCUT2D eigenvalue weighted by Gasteiger charge is -2.13. The largest absolute Gasteiger partial charge is 0.322 e. The van der Waals surface area contributed by atoms with Crippen LogP contribution in [0, 0.1) is 12.7 Å². The fourth-order valence-corrected chi connectivity index (χ4v) is 3.83. The fraction of sp³-hybridized carbons (Fsp3) is 0.143. The van der Waals surface area contributed by atoms with Gasteiger partial charge in [0.25, 0.3) is 11.1 Å². The zero-order valence-electron chi connectivity index (χ0n) is 16.0. The maximum Gasteiger partial charge on any atom is 0.289 e. The molecule has 1 aliphatic heterocycles. The Hall–Kier alpha value is -3.46. The number of carbonyl (C=O) groups is 3. The van der Waals surface area contributed by atoms with E-state index in [2.05, 4.69) is 10.4 Å². The molecule has 3 amide bonds. The van der Waals surface area contributed by atoms with E-state index in [1.807, 2.05) is 0 Å². The number of hydrogen-bond donors (Lipinski definition) is 1. The van der Waals surface area contributed by atoms with Gasteiger partial charge in [-0.3, -0.25) is 19.3 Å². The van der Waals surface area contributed by atoms with E-state index in [9.17, 15) is 18.8 Å². The van der Waals surface area contributed by atoms with E-state index < -0.39 is 5.82 Å². The van der Waals surface area contributed by atoms with Gasteiger partial charge in [0.05, 0.1) is 29.8 Å². The molecule has 1 aliphatic rings. The number of rotatable bonds is 5. The number of aromatic nitrogens is 2. The first-order valence-electron chi connectivity index (χ1n) is 9.11. The van der Waals surface area contributed by atoms with E-state index in [1.165, 1.54) is 21.8 Å². The molecule has 9 heteroatoms. The zero-order chi connectivity index (χ0) is 21.3. The Kier molecular flexibility index (Phi) is 5.37.